The lowest BCUT2D eigenvalue weighted by molar-refractivity contribution is -0.121. The van der Waals surface area contributed by atoms with Crippen LogP contribution < -0.4 is 21.3 Å². The Labute approximate surface area is 189 Å². The van der Waals surface area contributed by atoms with Gasteiger partial charge in [0.25, 0.3) is 5.56 Å². The quantitative estimate of drug-likeness (QED) is 0.436. The van der Waals surface area contributed by atoms with Crippen molar-refractivity contribution in [2.24, 2.45) is 0 Å². The van der Waals surface area contributed by atoms with Gasteiger partial charge in [-0.15, -0.1) is 0 Å². The van der Waals surface area contributed by atoms with Gasteiger partial charge in [-0.05, 0) is 43.7 Å². The first-order chi connectivity index (χ1) is 15.9. The Hall–Kier alpha value is -4.08. The number of carbonyl (C=O) groups excluding carboxylic acids is 1. The number of aromatic nitrogens is 4. The Balaban J connectivity index is 1.71. The van der Waals surface area contributed by atoms with Gasteiger partial charge in [0.15, 0.2) is 5.52 Å². The number of aryl methyl sites for hydroxylation is 2. The van der Waals surface area contributed by atoms with Crippen molar-refractivity contribution in [1.82, 2.24) is 24.2 Å². The maximum atomic E-state index is 13.3. The molecule has 10 heteroatoms. The molecule has 0 bridgehead atoms. The summed E-state index contributed by atoms with van der Waals surface area (Å²) in [7, 11) is 1.58. The Bertz CT molecular complexity index is 1410. The maximum Gasteiger partial charge on any atom is 0.332 e. The molecule has 0 spiro atoms. The highest BCUT2D eigenvalue weighted by Crippen LogP contribution is 2.15. The molecule has 1 aromatic carbocycles. The molecule has 0 saturated heterocycles. The predicted molar refractivity (Wildman–Crippen MR) is 121 cm³/mol. The number of carbonyl (C=O) groups is 1. The standard InChI is InChI=1S/C23H25N5O5/c1-4-28-21-20(15(2)25-28)26(23(31)27(22(21)30)13-18-9-6-10-33-18)14-19(29)24-12-16-7-5-8-17(11-16)32-3/h5-11H,4,12-14H2,1-3H3,(H,24,29). The number of fused-ring (bicyclic) bond motifs is 1. The van der Waals surface area contributed by atoms with E-state index in [2.05, 4.69) is 10.4 Å². The molecule has 0 unspecified atom stereocenters. The number of nitrogens with one attached hydrogen (secondary N) is 1. The molecule has 0 fully saturated rings. The summed E-state index contributed by atoms with van der Waals surface area (Å²) < 4.78 is 14.5. The minimum Gasteiger partial charge on any atom is -0.497 e. The zero-order valence-electron chi connectivity index (χ0n) is 18.7. The molecule has 3 heterocycles. The smallest absolute Gasteiger partial charge is 0.332 e. The highest BCUT2D eigenvalue weighted by atomic mass is 16.5. The highest BCUT2D eigenvalue weighted by Gasteiger charge is 2.22. The normalized spacial score (nSPS) is 11.1. The van der Waals surface area contributed by atoms with E-state index in [9.17, 15) is 14.4 Å². The van der Waals surface area contributed by atoms with Crippen LogP contribution in [0, 0.1) is 6.92 Å². The largest absolute Gasteiger partial charge is 0.497 e. The molecule has 1 N–H and O–H groups in total. The third-order valence-corrected chi connectivity index (χ3v) is 5.39. The van der Waals surface area contributed by atoms with Gasteiger partial charge in [-0.2, -0.15) is 5.10 Å². The second-order valence-corrected chi connectivity index (χ2v) is 7.57. The molecule has 0 saturated carbocycles. The van der Waals surface area contributed by atoms with Gasteiger partial charge >= 0.3 is 5.69 Å². The van der Waals surface area contributed by atoms with Crippen LogP contribution in [0.1, 0.15) is 23.9 Å². The zero-order chi connectivity index (χ0) is 23.5. The van der Waals surface area contributed by atoms with Crippen LogP contribution >= 0.6 is 0 Å². The molecular weight excluding hydrogens is 426 g/mol. The third kappa shape index (κ3) is 4.32. The van der Waals surface area contributed by atoms with Gasteiger partial charge in [0, 0.05) is 13.1 Å². The molecule has 10 nitrogen and oxygen atoms in total. The second-order valence-electron chi connectivity index (χ2n) is 7.57. The van der Waals surface area contributed by atoms with E-state index < -0.39 is 11.2 Å². The summed E-state index contributed by atoms with van der Waals surface area (Å²) in [6.07, 6.45) is 1.48. The average molecular weight is 451 g/mol. The lowest BCUT2D eigenvalue weighted by Crippen LogP contribution is -2.43. The van der Waals surface area contributed by atoms with Crippen molar-refractivity contribution in [3.63, 3.8) is 0 Å². The Morgan fingerprint density at radius 2 is 1.97 bits per heavy atom. The summed E-state index contributed by atoms with van der Waals surface area (Å²) in [5.74, 6) is 0.780. The van der Waals surface area contributed by atoms with E-state index in [0.29, 0.717) is 29.3 Å². The molecule has 4 rings (SSSR count). The van der Waals surface area contributed by atoms with Crippen molar-refractivity contribution < 1.29 is 13.9 Å². The summed E-state index contributed by atoms with van der Waals surface area (Å²) in [5, 5.41) is 7.23. The van der Waals surface area contributed by atoms with E-state index in [1.54, 1.807) is 30.8 Å². The van der Waals surface area contributed by atoms with E-state index in [-0.39, 0.29) is 31.1 Å². The summed E-state index contributed by atoms with van der Waals surface area (Å²) in [4.78, 5) is 39.3. The lowest BCUT2D eigenvalue weighted by atomic mass is 10.2. The molecule has 172 valence electrons. The Morgan fingerprint density at radius 3 is 2.67 bits per heavy atom. The molecule has 0 aliphatic heterocycles. The number of rotatable bonds is 8. The van der Waals surface area contributed by atoms with Gasteiger partial charge < -0.3 is 14.5 Å². The second kappa shape index (κ2) is 9.19. The molecule has 1 amide bonds. The van der Waals surface area contributed by atoms with Crippen LogP contribution in [0.5, 0.6) is 5.75 Å². The maximum absolute atomic E-state index is 13.3. The van der Waals surface area contributed by atoms with Gasteiger partial charge in [0.05, 0.1) is 25.6 Å². The number of hydrogen-bond acceptors (Lipinski definition) is 6. The molecule has 3 aromatic heterocycles. The molecule has 0 atom stereocenters. The van der Waals surface area contributed by atoms with Crippen molar-refractivity contribution in [2.45, 2.75) is 40.0 Å². The number of amides is 1. The van der Waals surface area contributed by atoms with Crippen LogP contribution in [0.2, 0.25) is 0 Å². The zero-order valence-corrected chi connectivity index (χ0v) is 18.7. The van der Waals surface area contributed by atoms with Crippen LogP contribution in [0.3, 0.4) is 0 Å². The first kappa shape index (κ1) is 22.1. The van der Waals surface area contributed by atoms with E-state index in [4.69, 9.17) is 9.15 Å². The van der Waals surface area contributed by atoms with Crippen molar-refractivity contribution >= 4 is 16.9 Å². The van der Waals surface area contributed by atoms with Gasteiger partial charge in [-0.25, -0.2) is 4.79 Å². The fourth-order valence-corrected chi connectivity index (χ4v) is 3.82. The third-order valence-electron chi connectivity index (χ3n) is 5.39. The number of hydrogen-bond donors (Lipinski definition) is 1. The highest BCUT2D eigenvalue weighted by molar-refractivity contribution is 5.81. The van der Waals surface area contributed by atoms with Crippen LogP contribution in [-0.4, -0.2) is 31.9 Å². The predicted octanol–water partition coefficient (Wildman–Crippen LogP) is 1.65. The van der Waals surface area contributed by atoms with Crippen molar-refractivity contribution in [1.29, 1.82) is 0 Å². The van der Waals surface area contributed by atoms with Crippen LogP contribution in [-0.2, 0) is 31.0 Å². The minimum absolute atomic E-state index is 0.0417. The molecule has 0 aliphatic rings. The number of ether oxygens (including phenoxy) is 1. The van der Waals surface area contributed by atoms with Gasteiger partial charge in [-0.1, -0.05) is 12.1 Å². The molecule has 33 heavy (non-hydrogen) atoms. The first-order valence-corrected chi connectivity index (χ1v) is 10.6. The summed E-state index contributed by atoms with van der Waals surface area (Å²) >= 11 is 0. The summed E-state index contributed by atoms with van der Waals surface area (Å²) in [6.45, 7) is 4.00. The van der Waals surface area contributed by atoms with Crippen molar-refractivity contribution in [3.8, 4) is 5.75 Å². The number of methoxy groups -OCH3 is 1. The summed E-state index contributed by atoms with van der Waals surface area (Å²) in [5.41, 5.74) is 0.937. The van der Waals surface area contributed by atoms with Crippen molar-refractivity contribution in [3.05, 3.63) is 80.5 Å². The fourth-order valence-electron chi connectivity index (χ4n) is 3.82. The van der Waals surface area contributed by atoms with E-state index in [0.717, 1.165) is 10.1 Å². The molecule has 0 radical (unpaired) electrons. The van der Waals surface area contributed by atoms with Crippen LogP contribution in [0.4, 0.5) is 0 Å². The van der Waals surface area contributed by atoms with Gasteiger partial charge in [0.1, 0.15) is 23.6 Å². The Kier molecular flexibility index (Phi) is 6.16. The fraction of sp³-hybridized carbons (Fsp3) is 0.304. The number of furan rings is 1. The van der Waals surface area contributed by atoms with E-state index in [1.165, 1.54) is 10.8 Å². The monoisotopic (exact) mass is 451 g/mol. The van der Waals surface area contributed by atoms with Crippen LogP contribution in [0.25, 0.3) is 11.0 Å². The first-order valence-electron chi connectivity index (χ1n) is 10.6. The van der Waals surface area contributed by atoms with E-state index >= 15 is 0 Å². The molecular formula is C23H25N5O5. The van der Waals surface area contributed by atoms with Gasteiger partial charge in [-0.3, -0.25) is 23.4 Å². The molecule has 4 aromatic rings. The van der Waals surface area contributed by atoms with Crippen LogP contribution in [0.15, 0.2) is 56.7 Å². The lowest BCUT2D eigenvalue weighted by Gasteiger charge is -2.13. The molecule has 0 aliphatic carbocycles. The number of benzene rings is 1. The topological polar surface area (TPSA) is 113 Å². The van der Waals surface area contributed by atoms with E-state index in [1.807, 2.05) is 31.2 Å². The van der Waals surface area contributed by atoms with Gasteiger partial charge in [0.2, 0.25) is 5.91 Å². The average Bonchev–Trinajstić information content (AvgIpc) is 3.45. The summed E-state index contributed by atoms with van der Waals surface area (Å²) in [6, 6.07) is 10.7. The van der Waals surface area contributed by atoms with Crippen molar-refractivity contribution in [2.75, 3.05) is 7.11 Å². The SMILES string of the molecule is CCn1nc(C)c2c1c(=O)n(Cc1ccco1)c(=O)n2CC(=O)NCc1cccc(OC)c1. The number of nitrogens with zero attached hydrogens (tertiary/aromatic N) is 4. The Morgan fingerprint density at radius 1 is 1.15 bits per heavy atom. The minimum atomic E-state index is -0.598.